The number of nitrogens with two attached hydrogens (primary N) is 1. The summed E-state index contributed by atoms with van der Waals surface area (Å²) in [5.41, 5.74) is 9.57. The van der Waals surface area contributed by atoms with Crippen molar-refractivity contribution < 1.29 is 4.79 Å². The molecule has 0 radical (unpaired) electrons. The maximum Gasteiger partial charge on any atom is 0.246 e. The minimum Gasteiger partial charge on any atom is -0.398 e. The number of hydrogen-bond donors (Lipinski definition) is 1. The van der Waals surface area contributed by atoms with E-state index in [-0.39, 0.29) is 11.9 Å². The van der Waals surface area contributed by atoms with Gasteiger partial charge in [0.25, 0.3) is 0 Å². The van der Waals surface area contributed by atoms with Crippen LogP contribution in [0, 0.1) is 11.8 Å². The van der Waals surface area contributed by atoms with Crippen LogP contribution in [0.2, 0.25) is 0 Å². The number of pyridine rings is 1. The van der Waals surface area contributed by atoms with Crippen molar-refractivity contribution in [3.05, 3.63) is 84.7 Å². The van der Waals surface area contributed by atoms with Crippen LogP contribution in [0.4, 0.5) is 5.69 Å². The van der Waals surface area contributed by atoms with Crippen molar-refractivity contribution in [1.82, 2.24) is 14.5 Å². The molecule has 5 nitrogen and oxygen atoms in total. The van der Waals surface area contributed by atoms with Gasteiger partial charge in [0, 0.05) is 36.7 Å². The molecule has 2 N–H and O–H groups in total. The molecule has 1 fully saturated rings. The molecule has 4 aromatic rings. The summed E-state index contributed by atoms with van der Waals surface area (Å²) in [6.07, 6.45) is 5.97. The average molecular weight is 406 g/mol. The van der Waals surface area contributed by atoms with E-state index in [4.69, 9.17) is 5.73 Å². The monoisotopic (exact) mass is 406 g/mol. The number of hydrogen-bond acceptors (Lipinski definition) is 3. The normalized spacial score (nSPS) is 15.7. The third-order valence-corrected chi connectivity index (χ3v) is 5.88. The Morgan fingerprint density at radius 2 is 2.00 bits per heavy atom. The molecule has 5 rings (SSSR count). The zero-order chi connectivity index (χ0) is 21.4. The zero-order valence-electron chi connectivity index (χ0n) is 17.1. The number of nitrogens with zero attached hydrogens (tertiary/aromatic N) is 3. The molecule has 31 heavy (non-hydrogen) atoms. The summed E-state index contributed by atoms with van der Waals surface area (Å²) < 4.78 is 2.12. The lowest BCUT2D eigenvalue weighted by molar-refractivity contribution is -0.125. The number of likely N-dealkylation sites (tertiary alicyclic amines) is 1. The number of nitrogen functional groups attached to an aromatic ring is 1. The molecule has 152 valence electrons. The van der Waals surface area contributed by atoms with Crippen LogP contribution in [-0.2, 0) is 4.79 Å². The van der Waals surface area contributed by atoms with E-state index in [1.165, 1.54) is 11.5 Å². The number of benzene rings is 2. The quantitative estimate of drug-likeness (QED) is 0.402. The second kappa shape index (κ2) is 7.66. The molecule has 5 heteroatoms. The fourth-order valence-corrected chi connectivity index (χ4v) is 4.28. The van der Waals surface area contributed by atoms with Crippen LogP contribution >= 0.6 is 0 Å². The molecule has 0 bridgehead atoms. The molecule has 0 saturated carbocycles. The lowest BCUT2D eigenvalue weighted by atomic mass is 10.1. The first-order valence-corrected chi connectivity index (χ1v) is 10.3. The van der Waals surface area contributed by atoms with Crippen molar-refractivity contribution in [2.75, 3.05) is 18.8 Å². The van der Waals surface area contributed by atoms with Gasteiger partial charge in [0.15, 0.2) is 0 Å². The van der Waals surface area contributed by atoms with Crippen molar-refractivity contribution >= 4 is 33.4 Å². The Hall–Kier alpha value is -4.04. The lowest BCUT2D eigenvalue weighted by Crippen LogP contribution is -2.27. The number of aromatic nitrogens is 2. The Bertz CT molecular complexity index is 1390. The van der Waals surface area contributed by atoms with Gasteiger partial charge in [0.1, 0.15) is 5.65 Å². The maximum absolute atomic E-state index is 12.0. The van der Waals surface area contributed by atoms with Crippen molar-refractivity contribution in [3.63, 3.8) is 0 Å². The van der Waals surface area contributed by atoms with Gasteiger partial charge >= 0.3 is 0 Å². The first-order valence-electron chi connectivity index (χ1n) is 10.3. The van der Waals surface area contributed by atoms with Gasteiger partial charge in [-0.3, -0.25) is 4.79 Å². The molecule has 0 aliphatic carbocycles. The highest BCUT2D eigenvalue weighted by molar-refractivity contribution is 5.94. The highest BCUT2D eigenvalue weighted by Crippen LogP contribution is 2.31. The molecular weight excluding hydrogens is 384 g/mol. The number of anilines is 1. The van der Waals surface area contributed by atoms with Gasteiger partial charge in [-0.05, 0) is 41.5 Å². The maximum atomic E-state index is 12.0. The Morgan fingerprint density at radius 1 is 1.16 bits per heavy atom. The van der Waals surface area contributed by atoms with E-state index < -0.39 is 0 Å². The molecule has 0 spiro atoms. The molecule has 0 unspecified atom stereocenters. The molecule has 1 saturated heterocycles. The van der Waals surface area contributed by atoms with Crippen molar-refractivity contribution in [3.8, 4) is 11.8 Å². The second-order valence-corrected chi connectivity index (χ2v) is 7.79. The van der Waals surface area contributed by atoms with Gasteiger partial charge in [0.2, 0.25) is 5.91 Å². The van der Waals surface area contributed by atoms with E-state index in [1.54, 1.807) is 12.3 Å². The standard InChI is InChI=1S/C26H22N4O/c1-2-24(31)29-14-12-22(17-29)30-16-21(25-23(27)11-13-28-26(25)30)10-8-18-7-9-19-5-3-4-6-20(19)15-18/h2-7,9,11,13,15-16,22H,1,12,14,17H2,(H2,27,28)/t22-/m1/s1. The third kappa shape index (κ3) is 3.43. The minimum absolute atomic E-state index is 0.0391. The van der Waals surface area contributed by atoms with Crippen LogP contribution in [0.15, 0.2) is 73.6 Å². The first-order chi connectivity index (χ1) is 15.1. The van der Waals surface area contributed by atoms with E-state index in [2.05, 4.69) is 52.2 Å². The number of amides is 1. The van der Waals surface area contributed by atoms with Gasteiger partial charge in [0.05, 0.1) is 17.0 Å². The van der Waals surface area contributed by atoms with Crippen LogP contribution in [0.5, 0.6) is 0 Å². The van der Waals surface area contributed by atoms with Crippen LogP contribution in [-0.4, -0.2) is 33.4 Å². The molecular formula is C26H22N4O. The molecule has 1 amide bonds. The average Bonchev–Trinajstić information content (AvgIpc) is 3.43. The molecule has 2 aromatic carbocycles. The topological polar surface area (TPSA) is 64.2 Å². The Labute approximate surface area is 180 Å². The van der Waals surface area contributed by atoms with Gasteiger partial charge < -0.3 is 15.2 Å². The van der Waals surface area contributed by atoms with Gasteiger partial charge in [-0.25, -0.2) is 4.98 Å². The molecule has 3 heterocycles. The van der Waals surface area contributed by atoms with E-state index in [1.807, 2.05) is 29.3 Å². The molecule has 1 aliphatic heterocycles. The molecule has 2 aromatic heterocycles. The summed E-state index contributed by atoms with van der Waals surface area (Å²) in [5, 5.41) is 3.22. The number of fused-ring (bicyclic) bond motifs is 2. The van der Waals surface area contributed by atoms with Crippen LogP contribution < -0.4 is 5.73 Å². The fourth-order valence-electron chi connectivity index (χ4n) is 4.28. The fraction of sp³-hybridized carbons (Fsp3) is 0.154. The smallest absolute Gasteiger partial charge is 0.246 e. The van der Waals surface area contributed by atoms with Crippen molar-refractivity contribution in [2.45, 2.75) is 12.5 Å². The van der Waals surface area contributed by atoms with E-state index >= 15 is 0 Å². The minimum atomic E-state index is -0.0391. The van der Waals surface area contributed by atoms with Gasteiger partial charge in [-0.1, -0.05) is 48.8 Å². The highest BCUT2D eigenvalue weighted by atomic mass is 16.2. The van der Waals surface area contributed by atoms with Crippen molar-refractivity contribution in [1.29, 1.82) is 0 Å². The predicted octanol–water partition coefficient (Wildman–Crippen LogP) is 4.13. The largest absolute Gasteiger partial charge is 0.398 e. The number of carbonyl (C=O) groups excluding carboxylic acids is 1. The Balaban J connectivity index is 1.55. The summed E-state index contributed by atoms with van der Waals surface area (Å²) >= 11 is 0. The summed E-state index contributed by atoms with van der Waals surface area (Å²) in [4.78, 5) is 18.4. The third-order valence-electron chi connectivity index (χ3n) is 5.88. The Kier molecular flexibility index (Phi) is 4.68. The molecule has 1 atom stereocenters. The summed E-state index contributed by atoms with van der Waals surface area (Å²) in [6.45, 7) is 4.93. The lowest BCUT2D eigenvalue weighted by Gasteiger charge is -2.15. The number of carbonyl (C=O) groups is 1. The van der Waals surface area contributed by atoms with E-state index in [0.717, 1.165) is 34.0 Å². The first kappa shape index (κ1) is 19.0. The molecule has 1 aliphatic rings. The van der Waals surface area contributed by atoms with Gasteiger partial charge in [-0.2, -0.15) is 0 Å². The summed E-state index contributed by atoms with van der Waals surface area (Å²) in [7, 11) is 0. The second-order valence-electron chi connectivity index (χ2n) is 7.79. The Morgan fingerprint density at radius 3 is 2.84 bits per heavy atom. The number of rotatable bonds is 2. The predicted molar refractivity (Wildman–Crippen MR) is 125 cm³/mol. The summed E-state index contributed by atoms with van der Waals surface area (Å²) in [6, 6.07) is 16.4. The van der Waals surface area contributed by atoms with Crippen LogP contribution in [0.25, 0.3) is 21.8 Å². The zero-order valence-corrected chi connectivity index (χ0v) is 17.1. The highest BCUT2D eigenvalue weighted by Gasteiger charge is 2.28. The summed E-state index contributed by atoms with van der Waals surface area (Å²) in [5.74, 6) is 6.56. The SMILES string of the molecule is C=CC(=O)N1CC[C@@H](n2cc(C#Cc3ccc4ccccc4c3)c3c(N)ccnc32)C1. The van der Waals surface area contributed by atoms with Crippen LogP contribution in [0.3, 0.4) is 0 Å². The van der Waals surface area contributed by atoms with E-state index in [9.17, 15) is 4.79 Å². The van der Waals surface area contributed by atoms with Crippen molar-refractivity contribution in [2.24, 2.45) is 0 Å². The van der Waals surface area contributed by atoms with E-state index in [0.29, 0.717) is 18.8 Å². The van der Waals surface area contributed by atoms with Gasteiger partial charge in [-0.15, -0.1) is 0 Å². The van der Waals surface area contributed by atoms with Crippen LogP contribution in [0.1, 0.15) is 23.6 Å².